The molecule has 2 aromatic heterocycles. The van der Waals surface area contributed by atoms with Crippen LogP contribution in [-0.2, 0) is 16.1 Å². The number of aromatic nitrogens is 3. The number of hydrogen-bond acceptors (Lipinski definition) is 6. The van der Waals surface area contributed by atoms with Crippen molar-refractivity contribution in [3.63, 3.8) is 0 Å². The van der Waals surface area contributed by atoms with E-state index in [0.717, 1.165) is 39.3 Å². The zero-order chi connectivity index (χ0) is 29.8. The first-order valence-corrected chi connectivity index (χ1v) is 15.0. The lowest BCUT2D eigenvalue weighted by Gasteiger charge is -2.23. The van der Waals surface area contributed by atoms with Crippen LogP contribution in [0.3, 0.4) is 0 Å². The monoisotopic (exact) mass is 589 g/mol. The van der Waals surface area contributed by atoms with Gasteiger partial charge in [-0.3, -0.25) is 19.5 Å². The summed E-state index contributed by atoms with van der Waals surface area (Å²) in [6, 6.07) is 31.4. The van der Waals surface area contributed by atoms with Gasteiger partial charge in [0, 0.05) is 17.3 Å². The molecule has 1 N–H and O–H groups in total. The molecule has 3 aromatic carbocycles. The number of rotatable bonds is 8. The van der Waals surface area contributed by atoms with Gasteiger partial charge >= 0.3 is 0 Å². The molecule has 216 valence electrons. The molecule has 1 aliphatic rings. The topological polar surface area (TPSA) is 89.3 Å². The zero-order valence-electron chi connectivity index (χ0n) is 23.9. The second-order valence-corrected chi connectivity index (χ2v) is 11.3. The van der Waals surface area contributed by atoms with E-state index in [1.165, 1.54) is 0 Å². The minimum atomic E-state index is -0.285. The van der Waals surface area contributed by atoms with Gasteiger partial charge in [0.15, 0.2) is 0 Å². The van der Waals surface area contributed by atoms with E-state index in [2.05, 4.69) is 35.4 Å². The number of benzene rings is 3. The summed E-state index contributed by atoms with van der Waals surface area (Å²) in [7, 11) is 1.62. The van der Waals surface area contributed by atoms with Gasteiger partial charge in [-0.25, -0.2) is 4.68 Å². The maximum atomic E-state index is 13.9. The van der Waals surface area contributed by atoms with E-state index in [-0.39, 0.29) is 35.9 Å². The lowest BCUT2D eigenvalue weighted by Crippen LogP contribution is -2.42. The van der Waals surface area contributed by atoms with Gasteiger partial charge in [-0.05, 0) is 48.9 Å². The maximum absolute atomic E-state index is 13.9. The average molecular weight is 590 g/mol. The number of fused-ring (bicyclic) bond motifs is 1. The fourth-order valence-electron chi connectivity index (χ4n) is 5.22. The fourth-order valence-corrected chi connectivity index (χ4v) is 6.41. The van der Waals surface area contributed by atoms with Gasteiger partial charge in [-0.1, -0.05) is 66.2 Å². The molecule has 3 heterocycles. The van der Waals surface area contributed by atoms with Gasteiger partial charge in [0.25, 0.3) is 0 Å². The molecule has 6 rings (SSSR count). The van der Waals surface area contributed by atoms with Crippen molar-refractivity contribution < 1.29 is 14.3 Å². The molecule has 8 nitrogen and oxygen atoms in total. The first kappa shape index (κ1) is 28.2. The van der Waals surface area contributed by atoms with E-state index >= 15 is 0 Å². The molecular weight excluding hydrogens is 558 g/mol. The summed E-state index contributed by atoms with van der Waals surface area (Å²) in [6.07, 6.45) is 1.69. The molecule has 0 saturated carbocycles. The van der Waals surface area contributed by atoms with Gasteiger partial charge < -0.3 is 10.1 Å². The Morgan fingerprint density at radius 3 is 2.51 bits per heavy atom. The summed E-state index contributed by atoms with van der Waals surface area (Å²) < 4.78 is 7.18. The summed E-state index contributed by atoms with van der Waals surface area (Å²) >= 11 is 1.55. The molecule has 0 radical (unpaired) electrons. The standard InChI is InChI=1S/C34H31N5O3S/c1-23-9-8-12-25(19-23)33-31-32(24-10-4-3-5-11-24)37-39(27-14-16-28(42-2)17-15-27)34(31)38(30(41)22-43-33)21-29(40)36-20-26-13-6-7-18-35-26/h3-19,33H,20-22H2,1-2H3,(H,36,40). The normalized spacial score (nSPS) is 14.6. The zero-order valence-corrected chi connectivity index (χ0v) is 24.8. The third kappa shape index (κ3) is 6.03. The van der Waals surface area contributed by atoms with E-state index in [0.29, 0.717) is 11.6 Å². The number of nitrogens with one attached hydrogen (secondary N) is 1. The average Bonchev–Trinajstić information content (AvgIpc) is 3.37. The van der Waals surface area contributed by atoms with Crippen molar-refractivity contribution in [2.45, 2.75) is 18.7 Å². The quantitative estimate of drug-likeness (QED) is 0.249. The largest absolute Gasteiger partial charge is 0.497 e. The summed E-state index contributed by atoms with van der Waals surface area (Å²) in [5.41, 5.74) is 6.28. The Kier molecular flexibility index (Phi) is 8.24. The number of pyridine rings is 1. The summed E-state index contributed by atoms with van der Waals surface area (Å²) in [4.78, 5) is 33.2. The number of nitrogens with zero attached hydrogens (tertiary/aromatic N) is 4. The predicted octanol–water partition coefficient (Wildman–Crippen LogP) is 5.74. The lowest BCUT2D eigenvalue weighted by molar-refractivity contribution is -0.123. The minimum absolute atomic E-state index is 0.157. The molecule has 5 aromatic rings. The maximum Gasteiger partial charge on any atom is 0.240 e. The number of hydrogen-bond donors (Lipinski definition) is 1. The van der Waals surface area contributed by atoms with Crippen molar-refractivity contribution in [1.29, 1.82) is 0 Å². The summed E-state index contributed by atoms with van der Waals surface area (Å²) in [5.74, 6) is 1.05. The molecule has 0 aliphatic carbocycles. The van der Waals surface area contributed by atoms with Crippen LogP contribution in [0.2, 0.25) is 0 Å². The van der Waals surface area contributed by atoms with E-state index in [9.17, 15) is 9.59 Å². The molecule has 1 unspecified atom stereocenters. The van der Waals surface area contributed by atoms with Gasteiger partial charge in [0.1, 0.15) is 18.1 Å². The van der Waals surface area contributed by atoms with Gasteiger partial charge in [-0.2, -0.15) is 5.10 Å². The highest BCUT2D eigenvalue weighted by Crippen LogP contribution is 2.48. The molecule has 0 spiro atoms. The van der Waals surface area contributed by atoms with Gasteiger partial charge in [0.2, 0.25) is 11.8 Å². The molecular formula is C34H31N5O3S. The second kappa shape index (κ2) is 12.5. The van der Waals surface area contributed by atoms with Gasteiger partial charge in [0.05, 0.1) is 41.7 Å². The number of carbonyl (C=O) groups excluding carboxylic acids is 2. The number of methoxy groups -OCH3 is 1. The van der Waals surface area contributed by atoms with Crippen LogP contribution < -0.4 is 15.0 Å². The second-order valence-electron chi connectivity index (χ2n) is 10.2. The van der Waals surface area contributed by atoms with Crippen LogP contribution in [0, 0.1) is 6.92 Å². The highest BCUT2D eigenvalue weighted by atomic mass is 32.2. The highest BCUT2D eigenvalue weighted by molar-refractivity contribution is 8.00. The Morgan fingerprint density at radius 1 is 1.00 bits per heavy atom. The van der Waals surface area contributed by atoms with Crippen molar-refractivity contribution in [2.75, 3.05) is 24.3 Å². The van der Waals surface area contributed by atoms with Gasteiger partial charge in [-0.15, -0.1) is 11.8 Å². The number of carbonyl (C=O) groups is 2. The number of aryl methyl sites for hydroxylation is 1. The molecule has 2 amide bonds. The number of thioether (sulfide) groups is 1. The highest BCUT2D eigenvalue weighted by Gasteiger charge is 2.37. The molecule has 1 atom stereocenters. The number of ether oxygens (including phenoxy) is 1. The van der Waals surface area contributed by atoms with Crippen LogP contribution in [0.4, 0.5) is 5.82 Å². The van der Waals surface area contributed by atoms with Crippen molar-refractivity contribution >= 4 is 29.4 Å². The van der Waals surface area contributed by atoms with Crippen LogP contribution in [0.5, 0.6) is 5.75 Å². The Hall–Kier alpha value is -4.89. The van der Waals surface area contributed by atoms with Crippen molar-refractivity contribution in [2.24, 2.45) is 0 Å². The summed E-state index contributed by atoms with van der Waals surface area (Å²) in [6.45, 7) is 2.17. The van der Waals surface area contributed by atoms with E-state index in [1.54, 1.807) is 34.7 Å². The number of anilines is 1. The van der Waals surface area contributed by atoms with Crippen LogP contribution in [0.25, 0.3) is 16.9 Å². The molecule has 0 fully saturated rings. The van der Waals surface area contributed by atoms with Crippen molar-refractivity contribution in [3.05, 3.63) is 126 Å². The van der Waals surface area contributed by atoms with Crippen LogP contribution in [-0.4, -0.2) is 46.0 Å². The molecule has 43 heavy (non-hydrogen) atoms. The third-order valence-electron chi connectivity index (χ3n) is 7.29. The van der Waals surface area contributed by atoms with Crippen LogP contribution in [0.15, 0.2) is 103 Å². The van der Waals surface area contributed by atoms with E-state index in [1.807, 2.05) is 78.9 Å². The van der Waals surface area contributed by atoms with E-state index in [4.69, 9.17) is 9.84 Å². The first-order chi connectivity index (χ1) is 21.0. The minimum Gasteiger partial charge on any atom is -0.497 e. The molecule has 0 bridgehead atoms. The Balaban J connectivity index is 1.52. The molecule has 1 aliphatic heterocycles. The van der Waals surface area contributed by atoms with Crippen molar-refractivity contribution in [3.8, 4) is 22.7 Å². The smallest absolute Gasteiger partial charge is 0.240 e. The number of amides is 2. The lowest BCUT2D eigenvalue weighted by atomic mass is 9.98. The molecule has 0 saturated heterocycles. The molecule has 9 heteroatoms. The van der Waals surface area contributed by atoms with Crippen LogP contribution in [0.1, 0.15) is 27.6 Å². The van der Waals surface area contributed by atoms with Crippen molar-refractivity contribution in [1.82, 2.24) is 20.1 Å². The Bertz CT molecular complexity index is 1740. The third-order valence-corrected chi connectivity index (χ3v) is 8.55. The SMILES string of the molecule is COc1ccc(-n2nc(-c3ccccc3)c3c2N(CC(=O)NCc2ccccn2)C(=O)CSC3c2cccc(C)c2)cc1. The van der Waals surface area contributed by atoms with E-state index < -0.39 is 0 Å². The Labute approximate surface area is 254 Å². The van der Waals surface area contributed by atoms with Crippen LogP contribution >= 0.6 is 11.8 Å². The summed E-state index contributed by atoms with van der Waals surface area (Å²) in [5, 5.41) is 7.88. The first-order valence-electron chi connectivity index (χ1n) is 14.0. The fraction of sp³-hybridized carbons (Fsp3) is 0.176. The predicted molar refractivity (Wildman–Crippen MR) is 169 cm³/mol. The Morgan fingerprint density at radius 2 is 1.79 bits per heavy atom.